The molecule has 0 heterocycles. The van der Waals surface area contributed by atoms with Crippen molar-refractivity contribution in [2.45, 2.75) is 51.5 Å². The first kappa shape index (κ1) is 19.9. The van der Waals surface area contributed by atoms with Crippen molar-refractivity contribution in [1.29, 1.82) is 0 Å². The first-order chi connectivity index (χ1) is 12.7. The van der Waals surface area contributed by atoms with Gasteiger partial charge in [-0.3, -0.25) is 4.79 Å². The summed E-state index contributed by atoms with van der Waals surface area (Å²) >= 11 is 0. The van der Waals surface area contributed by atoms with Crippen LogP contribution in [0, 0.1) is 5.92 Å². The first-order valence-electron chi connectivity index (χ1n) is 9.56. The second-order valence-electron chi connectivity index (χ2n) is 6.80. The van der Waals surface area contributed by atoms with Gasteiger partial charge in [-0.2, -0.15) is 0 Å². The van der Waals surface area contributed by atoms with Gasteiger partial charge < -0.3 is 10.1 Å². The van der Waals surface area contributed by atoms with Crippen LogP contribution in [0.2, 0.25) is 0 Å². The fourth-order valence-electron chi connectivity index (χ4n) is 3.11. The van der Waals surface area contributed by atoms with Crippen LogP contribution in [-0.2, 0) is 22.4 Å². The zero-order valence-corrected chi connectivity index (χ0v) is 15.6. The van der Waals surface area contributed by atoms with Crippen molar-refractivity contribution in [2.75, 3.05) is 0 Å². The predicted octanol–water partition coefficient (Wildman–Crippen LogP) is 4.35. The van der Waals surface area contributed by atoms with Crippen molar-refractivity contribution in [3.63, 3.8) is 0 Å². The van der Waals surface area contributed by atoms with Gasteiger partial charge in [-0.1, -0.05) is 80.4 Å². The molecule has 138 valence electrons. The van der Waals surface area contributed by atoms with Crippen LogP contribution in [-0.4, -0.2) is 18.2 Å². The molecule has 26 heavy (non-hydrogen) atoms. The zero-order valence-electron chi connectivity index (χ0n) is 15.6. The summed E-state index contributed by atoms with van der Waals surface area (Å²) in [6.07, 6.45) is 5.85. The molecule has 1 amide bonds. The molecule has 0 aromatic heterocycles. The van der Waals surface area contributed by atoms with E-state index in [1.54, 1.807) is 0 Å². The average Bonchev–Trinajstić information content (AvgIpc) is 2.69. The van der Waals surface area contributed by atoms with E-state index >= 15 is 0 Å². The Bertz CT molecular complexity index is 654. The minimum Gasteiger partial charge on any atom is -0.346 e. The Morgan fingerprint density at radius 1 is 0.962 bits per heavy atom. The van der Waals surface area contributed by atoms with Crippen molar-refractivity contribution in [3.8, 4) is 0 Å². The molecule has 1 N–H and O–H groups in total. The Balaban J connectivity index is 2.03. The maximum Gasteiger partial charge on any atom is 0.224 e. The fourth-order valence-corrected chi connectivity index (χ4v) is 3.11. The van der Waals surface area contributed by atoms with Crippen molar-refractivity contribution >= 4 is 12.2 Å². The summed E-state index contributed by atoms with van der Waals surface area (Å²) in [5.41, 5.74) is 2.38. The molecule has 2 aromatic carbocycles. The molecular formula is C23H29NO2. The number of carbonyl (C=O) groups is 2. The third kappa shape index (κ3) is 6.83. The molecule has 0 fully saturated rings. The summed E-state index contributed by atoms with van der Waals surface area (Å²) in [6.45, 7) is 2.09. The summed E-state index contributed by atoms with van der Waals surface area (Å²) < 4.78 is 0. The van der Waals surface area contributed by atoms with E-state index in [-0.39, 0.29) is 17.9 Å². The largest absolute Gasteiger partial charge is 0.346 e. The summed E-state index contributed by atoms with van der Waals surface area (Å²) in [5.74, 6) is -0.153. The number of amides is 1. The number of nitrogens with one attached hydrogen (secondary N) is 1. The highest BCUT2D eigenvalue weighted by Gasteiger charge is 2.21. The van der Waals surface area contributed by atoms with Crippen LogP contribution in [0.15, 0.2) is 60.7 Å². The highest BCUT2D eigenvalue weighted by atomic mass is 16.2. The lowest BCUT2D eigenvalue weighted by molar-refractivity contribution is -0.127. The van der Waals surface area contributed by atoms with E-state index in [2.05, 4.69) is 36.5 Å². The Morgan fingerprint density at radius 2 is 1.58 bits per heavy atom. The molecule has 2 rings (SSSR count). The van der Waals surface area contributed by atoms with E-state index in [1.165, 1.54) is 5.56 Å². The van der Waals surface area contributed by atoms with Gasteiger partial charge in [0.1, 0.15) is 6.29 Å². The van der Waals surface area contributed by atoms with Gasteiger partial charge >= 0.3 is 0 Å². The van der Waals surface area contributed by atoms with Gasteiger partial charge in [-0.05, 0) is 36.8 Å². The quantitative estimate of drug-likeness (QED) is 0.612. The van der Waals surface area contributed by atoms with Crippen LogP contribution in [0.5, 0.6) is 0 Å². The number of rotatable bonds is 11. The van der Waals surface area contributed by atoms with Crippen molar-refractivity contribution in [1.82, 2.24) is 5.32 Å². The summed E-state index contributed by atoms with van der Waals surface area (Å²) in [4.78, 5) is 24.1. The van der Waals surface area contributed by atoms with Crippen LogP contribution >= 0.6 is 0 Å². The van der Waals surface area contributed by atoms with E-state index < -0.39 is 0 Å². The standard InChI is InChI=1S/C23H29NO2/c1-2-3-14-22(18-25)24-23(26)21(17-20-12-8-5-9-13-20)16-15-19-10-6-4-7-11-19/h4-13,18,21-22H,2-3,14-17H2,1H3,(H,24,26)/t21?,22-/m0/s1. The Labute approximate surface area is 156 Å². The zero-order chi connectivity index (χ0) is 18.6. The molecular weight excluding hydrogens is 322 g/mol. The molecule has 2 aromatic rings. The highest BCUT2D eigenvalue weighted by Crippen LogP contribution is 2.17. The molecule has 0 aliphatic heterocycles. The minimum atomic E-state index is -0.377. The third-order valence-corrected chi connectivity index (χ3v) is 4.68. The maximum atomic E-state index is 12.8. The van der Waals surface area contributed by atoms with E-state index in [9.17, 15) is 9.59 Å². The van der Waals surface area contributed by atoms with Crippen molar-refractivity contribution in [2.24, 2.45) is 5.92 Å². The van der Waals surface area contributed by atoms with Gasteiger partial charge in [-0.25, -0.2) is 0 Å². The molecule has 1 unspecified atom stereocenters. The third-order valence-electron chi connectivity index (χ3n) is 4.68. The van der Waals surface area contributed by atoms with E-state index in [4.69, 9.17) is 0 Å². The fraction of sp³-hybridized carbons (Fsp3) is 0.391. The van der Waals surface area contributed by atoms with E-state index in [0.29, 0.717) is 12.8 Å². The molecule has 0 saturated heterocycles. The Hall–Kier alpha value is -2.42. The molecule has 0 aliphatic rings. The summed E-state index contributed by atoms with van der Waals surface area (Å²) in [5, 5.41) is 2.95. The molecule has 0 aliphatic carbocycles. The second-order valence-corrected chi connectivity index (χ2v) is 6.80. The van der Waals surface area contributed by atoms with Crippen LogP contribution in [0.3, 0.4) is 0 Å². The second kappa shape index (κ2) is 11.2. The molecule has 0 saturated carbocycles. The lowest BCUT2D eigenvalue weighted by atomic mass is 9.91. The Morgan fingerprint density at radius 3 is 2.15 bits per heavy atom. The van der Waals surface area contributed by atoms with Gasteiger partial charge in [0.15, 0.2) is 0 Å². The smallest absolute Gasteiger partial charge is 0.224 e. The Kier molecular flexibility index (Phi) is 8.61. The predicted molar refractivity (Wildman–Crippen MR) is 106 cm³/mol. The van der Waals surface area contributed by atoms with Gasteiger partial charge in [0.25, 0.3) is 0 Å². The molecule has 3 nitrogen and oxygen atoms in total. The SMILES string of the molecule is CCCC[C@@H](C=O)NC(=O)C(CCc1ccccc1)Cc1ccccc1. The average molecular weight is 351 g/mol. The van der Waals surface area contributed by atoms with Crippen LogP contribution in [0.1, 0.15) is 43.7 Å². The van der Waals surface area contributed by atoms with Gasteiger partial charge in [0, 0.05) is 5.92 Å². The monoisotopic (exact) mass is 351 g/mol. The molecule has 2 atom stereocenters. The molecule has 0 bridgehead atoms. The number of aldehydes is 1. The molecule has 3 heteroatoms. The van der Waals surface area contributed by atoms with Crippen LogP contribution in [0.25, 0.3) is 0 Å². The number of unbranched alkanes of at least 4 members (excludes halogenated alkanes) is 1. The number of hydrogen-bond donors (Lipinski definition) is 1. The van der Waals surface area contributed by atoms with Gasteiger partial charge in [0.05, 0.1) is 6.04 Å². The van der Waals surface area contributed by atoms with Crippen molar-refractivity contribution in [3.05, 3.63) is 71.8 Å². The van der Waals surface area contributed by atoms with E-state index in [0.717, 1.165) is 37.5 Å². The highest BCUT2D eigenvalue weighted by molar-refractivity contribution is 5.82. The number of hydrogen-bond acceptors (Lipinski definition) is 2. The van der Waals surface area contributed by atoms with E-state index in [1.807, 2.05) is 36.4 Å². The maximum absolute atomic E-state index is 12.8. The number of benzene rings is 2. The lowest BCUT2D eigenvalue weighted by Gasteiger charge is -2.20. The number of aryl methyl sites for hydroxylation is 1. The summed E-state index contributed by atoms with van der Waals surface area (Å²) in [6, 6.07) is 19.9. The van der Waals surface area contributed by atoms with Crippen LogP contribution < -0.4 is 5.32 Å². The minimum absolute atomic E-state index is 0.0158. The topological polar surface area (TPSA) is 46.2 Å². The van der Waals surface area contributed by atoms with Crippen LogP contribution in [0.4, 0.5) is 0 Å². The lowest BCUT2D eigenvalue weighted by Crippen LogP contribution is -2.40. The molecule has 0 radical (unpaired) electrons. The first-order valence-corrected chi connectivity index (χ1v) is 9.56. The van der Waals surface area contributed by atoms with Gasteiger partial charge in [0.2, 0.25) is 5.91 Å². The normalized spacial score (nSPS) is 13.0. The molecule has 0 spiro atoms. The number of carbonyl (C=O) groups excluding carboxylic acids is 2. The summed E-state index contributed by atoms with van der Waals surface area (Å²) in [7, 11) is 0. The van der Waals surface area contributed by atoms with Gasteiger partial charge in [-0.15, -0.1) is 0 Å². The van der Waals surface area contributed by atoms with Crippen molar-refractivity contribution < 1.29 is 9.59 Å².